The number of benzene rings is 2. The third kappa shape index (κ3) is 4.93. The largest absolute Gasteiger partial charge is 0.342 e. The van der Waals surface area contributed by atoms with Crippen LogP contribution in [-0.2, 0) is 16.1 Å². The minimum atomic E-state index is -0.350. The molecule has 0 radical (unpaired) electrons. The molecule has 0 bridgehead atoms. The van der Waals surface area contributed by atoms with E-state index in [0.29, 0.717) is 13.1 Å². The Hall–Kier alpha value is -2.40. The molecule has 0 unspecified atom stereocenters. The molecular weight excluding hydrogens is 386 g/mol. The Kier molecular flexibility index (Phi) is 6.33. The average Bonchev–Trinajstić information content (AvgIpc) is 2.78. The monoisotopic (exact) mass is 421 g/mol. The lowest BCUT2D eigenvalue weighted by Gasteiger charge is -2.39. The van der Waals surface area contributed by atoms with Gasteiger partial charge in [-0.05, 0) is 29.2 Å². The number of hydrogen-bond acceptors (Lipinski definition) is 3. The molecule has 2 heterocycles. The summed E-state index contributed by atoms with van der Waals surface area (Å²) in [5.41, 5.74) is 1.01. The number of piperazine rings is 1. The normalized spacial score (nSPS) is 19.1. The molecule has 0 N–H and O–H groups in total. The maximum absolute atomic E-state index is 13.1. The molecule has 2 fully saturated rings. The molecule has 2 amide bonds. The highest BCUT2D eigenvalue weighted by Crippen LogP contribution is 2.26. The van der Waals surface area contributed by atoms with Crippen molar-refractivity contribution in [3.8, 4) is 0 Å². The van der Waals surface area contributed by atoms with Gasteiger partial charge in [-0.25, -0.2) is 0 Å². The van der Waals surface area contributed by atoms with E-state index in [0.717, 1.165) is 45.6 Å². The van der Waals surface area contributed by atoms with Crippen LogP contribution >= 0.6 is 0 Å². The van der Waals surface area contributed by atoms with Crippen molar-refractivity contribution < 1.29 is 9.59 Å². The van der Waals surface area contributed by atoms with Crippen molar-refractivity contribution >= 4 is 22.6 Å². The van der Waals surface area contributed by atoms with Gasteiger partial charge in [-0.3, -0.25) is 14.5 Å². The Balaban J connectivity index is 1.28. The molecule has 2 aliphatic rings. The van der Waals surface area contributed by atoms with Crippen molar-refractivity contribution in [2.75, 3.05) is 39.3 Å². The van der Waals surface area contributed by atoms with E-state index in [4.69, 9.17) is 0 Å². The average molecular weight is 422 g/mol. The number of hydrogen-bond donors (Lipinski definition) is 0. The number of fused-ring (bicyclic) bond motifs is 1. The van der Waals surface area contributed by atoms with Crippen molar-refractivity contribution in [3.63, 3.8) is 0 Å². The standard InChI is InChI=1S/C26H35N3O2/c1-26(2,3)25(31)29-13-11-21(12-14-29)24(30)28-17-15-27(16-18-28)19-22-9-6-8-20-7-4-5-10-23(20)22/h4-10,21H,11-19H2,1-3H3. The number of nitrogens with zero attached hydrogens (tertiary/aromatic N) is 3. The molecule has 2 aromatic carbocycles. The minimum absolute atomic E-state index is 0.0636. The Morgan fingerprint density at radius 1 is 0.839 bits per heavy atom. The van der Waals surface area contributed by atoms with Crippen molar-refractivity contribution in [3.05, 3.63) is 48.0 Å². The summed E-state index contributed by atoms with van der Waals surface area (Å²) >= 11 is 0. The number of piperidine rings is 1. The summed E-state index contributed by atoms with van der Waals surface area (Å²) in [4.78, 5) is 32.0. The van der Waals surface area contributed by atoms with Crippen molar-refractivity contribution in [1.82, 2.24) is 14.7 Å². The van der Waals surface area contributed by atoms with Crippen LogP contribution in [0, 0.1) is 11.3 Å². The maximum Gasteiger partial charge on any atom is 0.227 e. The maximum atomic E-state index is 13.1. The second kappa shape index (κ2) is 8.99. The van der Waals surface area contributed by atoms with Crippen molar-refractivity contribution in [1.29, 1.82) is 0 Å². The first-order valence-corrected chi connectivity index (χ1v) is 11.6. The summed E-state index contributed by atoms with van der Waals surface area (Å²) in [5.74, 6) is 0.543. The second-order valence-corrected chi connectivity index (χ2v) is 10.1. The van der Waals surface area contributed by atoms with E-state index in [-0.39, 0.29) is 23.1 Å². The summed E-state index contributed by atoms with van der Waals surface area (Å²) < 4.78 is 0. The van der Waals surface area contributed by atoms with Crippen LogP contribution in [0.3, 0.4) is 0 Å². The van der Waals surface area contributed by atoms with Crippen LogP contribution in [0.25, 0.3) is 10.8 Å². The van der Waals surface area contributed by atoms with Gasteiger partial charge in [0.1, 0.15) is 0 Å². The van der Waals surface area contributed by atoms with E-state index in [1.54, 1.807) is 0 Å². The van der Waals surface area contributed by atoms with E-state index < -0.39 is 0 Å². The summed E-state index contributed by atoms with van der Waals surface area (Å²) in [6, 6.07) is 15.1. The smallest absolute Gasteiger partial charge is 0.227 e. The van der Waals surface area contributed by atoms with Gasteiger partial charge in [0, 0.05) is 57.1 Å². The van der Waals surface area contributed by atoms with Crippen molar-refractivity contribution in [2.45, 2.75) is 40.2 Å². The molecule has 5 heteroatoms. The Morgan fingerprint density at radius 2 is 1.48 bits per heavy atom. The molecule has 2 aliphatic heterocycles. The van der Waals surface area contributed by atoms with Crippen molar-refractivity contribution in [2.24, 2.45) is 11.3 Å². The van der Waals surface area contributed by atoms with Crippen LogP contribution in [-0.4, -0.2) is 65.8 Å². The Morgan fingerprint density at radius 3 is 2.16 bits per heavy atom. The van der Waals surface area contributed by atoms with Crippen LogP contribution in [0.5, 0.6) is 0 Å². The first-order chi connectivity index (χ1) is 14.8. The second-order valence-electron chi connectivity index (χ2n) is 10.1. The third-order valence-electron chi connectivity index (χ3n) is 6.73. The lowest BCUT2D eigenvalue weighted by atomic mass is 9.90. The van der Waals surface area contributed by atoms with E-state index >= 15 is 0 Å². The molecule has 166 valence electrons. The fourth-order valence-corrected chi connectivity index (χ4v) is 4.86. The molecule has 31 heavy (non-hydrogen) atoms. The van der Waals surface area contributed by atoms with Crippen LogP contribution in [0.1, 0.15) is 39.2 Å². The molecule has 2 saturated heterocycles. The van der Waals surface area contributed by atoms with E-state index in [1.807, 2.05) is 30.6 Å². The van der Waals surface area contributed by atoms with E-state index in [9.17, 15) is 9.59 Å². The van der Waals surface area contributed by atoms with Gasteiger partial charge in [0.05, 0.1) is 0 Å². The first kappa shape index (κ1) is 21.8. The van der Waals surface area contributed by atoms with E-state index in [1.165, 1.54) is 16.3 Å². The van der Waals surface area contributed by atoms with Gasteiger partial charge in [0.25, 0.3) is 0 Å². The fourth-order valence-electron chi connectivity index (χ4n) is 4.86. The van der Waals surface area contributed by atoms with Crippen LogP contribution in [0.15, 0.2) is 42.5 Å². The lowest BCUT2D eigenvalue weighted by molar-refractivity contribution is -0.145. The Labute approximate surface area is 186 Å². The molecular formula is C26H35N3O2. The zero-order chi connectivity index (χ0) is 22.0. The zero-order valence-corrected chi connectivity index (χ0v) is 19.1. The molecule has 0 aromatic heterocycles. The van der Waals surface area contributed by atoms with E-state index in [2.05, 4.69) is 47.4 Å². The molecule has 4 rings (SSSR count). The summed E-state index contributed by atoms with van der Waals surface area (Å²) in [6.07, 6.45) is 1.58. The van der Waals surface area contributed by atoms with Gasteiger partial charge in [0.15, 0.2) is 0 Å². The highest BCUT2D eigenvalue weighted by molar-refractivity contribution is 5.85. The first-order valence-electron chi connectivity index (χ1n) is 11.6. The highest BCUT2D eigenvalue weighted by atomic mass is 16.2. The predicted octanol–water partition coefficient (Wildman–Crippen LogP) is 3.77. The zero-order valence-electron chi connectivity index (χ0n) is 19.1. The van der Waals surface area contributed by atoms with Gasteiger partial charge in [-0.15, -0.1) is 0 Å². The van der Waals surface area contributed by atoms with Gasteiger partial charge < -0.3 is 9.80 Å². The SMILES string of the molecule is CC(C)(C)C(=O)N1CCC(C(=O)N2CCN(Cc3cccc4ccccc34)CC2)CC1. The molecule has 5 nitrogen and oxygen atoms in total. The lowest BCUT2D eigenvalue weighted by Crippen LogP contribution is -2.52. The Bertz CT molecular complexity index is 928. The summed E-state index contributed by atoms with van der Waals surface area (Å²) in [7, 11) is 0. The quantitative estimate of drug-likeness (QED) is 0.758. The molecule has 0 atom stereocenters. The predicted molar refractivity (Wildman–Crippen MR) is 125 cm³/mol. The van der Waals surface area contributed by atoms with Gasteiger partial charge >= 0.3 is 0 Å². The topological polar surface area (TPSA) is 43.9 Å². The number of likely N-dealkylation sites (tertiary alicyclic amines) is 1. The highest BCUT2D eigenvalue weighted by Gasteiger charge is 2.34. The van der Waals surface area contributed by atoms with Crippen LogP contribution < -0.4 is 0 Å². The fraction of sp³-hybridized carbons (Fsp3) is 0.538. The van der Waals surface area contributed by atoms with Crippen LogP contribution in [0.4, 0.5) is 0 Å². The van der Waals surface area contributed by atoms with Crippen LogP contribution in [0.2, 0.25) is 0 Å². The summed E-state index contributed by atoms with van der Waals surface area (Å²) in [6.45, 7) is 11.6. The van der Waals surface area contributed by atoms with Gasteiger partial charge in [-0.1, -0.05) is 63.2 Å². The molecule has 2 aromatic rings. The third-order valence-corrected chi connectivity index (χ3v) is 6.73. The van der Waals surface area contributed by atoms with Gasteiger partial charge in [-0.2, -0.15) is 0 Å². The number of rotatable bonds is 3. The molecule has 0 saturated carbocycles. The number of carbonyl (C=O) groups is 2. The molecule has 0 spiro atoms. The summed E-state index contributed by atoms with van der Waals surface area (Å²) in [5, 5.41) is 2.60. The minimum Gasteiger partial charge on any atom is -0.342 e. The van der Waals surface area contributed by atoms with Gasteiger partial charge in [0.2, 0.25) is 11.8 Å². The number of amides is 2. The number of carbonyl (C=O) groups excluding carboxylic acids is 2. The molecule has 0 aliphatic carbocycles.